The standard InChI is InChI=1S/C12H16BrN/c1-4-12(14-5-2)10-7-6-9(3)11(13)8-10/h4,6-8,12,14H,1,5H2,2-3H3. The number of hydrogen-bond donors (Lipinski definition) is 1. The van der Waals surface area contributed by atoms with Crippen LogP contribution in [0.3, 0.4) is 0 Å². The van der Waals surface area contributed by atoms with Gasteiger partial charge in [0.2, 0.25) is 0 Å². The average Bonchev–Trinajstić information content (AvgIpc) is 2.19. The van der Waals surface area contributed by atoms with Crippen molar-refractivity contribution in [3.8, 4) is 0 Å². The van der Waals surface area contributed by atoms with E-state index in [1.165, 1.54) is 11.1 Å². The second-order valence-corrected chi connectivity index (χ2v) is 4.13. The summed E-state index contributed by atoms with van der Waals surface area (Å²) >= 11 is 3.53. The van der Waals surface area contributed by atoms with Crippen LogP contribution in [0.5, 0.6) is 0 Å². The summed E-state index contributed by atoms with van der Waals surface area (Å²) in [5.41, 5.74) is 2.51. The molecule has 2 heteroatoms. The second-order valence-electron chi connectivity index (χ2n) is 3.28. The van der Waals surface area contributed by atoms with Crippen molar-refractivity contribution in [3.63, 3.8) is 0 Å². The molecule has 0 radical (unpaired) electrons. The van der Waals surface area contributed by atoms with Gasteiger partial charge in [-0.2, -0.15) is 0 Å². The maximum atomic E-state index is 3.83. The van der Waals surface area contributed by atoms with Gasteiger partial charge in [-0.25, -0.2) is 0 Å². The summed E-state index contributed by atoms with van der Waals surface area (Å²) in [6, 6.07) is 6.64. The van der Waals surface area contributed by atoms with Crippen molar-refractivity contribution in [1.82, 2.24) is 5.32 Å². The first kappa shape index (κ1) is 11.5. The van der Waals surface area contributed by atoms with E-state index in [9.17, 15) is 0 Å². The normalized spacial score (nSPS) is 12.5. The fraction of sp³-hybridized carbons (Fsp3) is 0.333. The summed E-state index contributed by atoms with van der Waals surface area (Å²) in [6.07, 6.45) is 1.93. The van der Waals surface area contributed by atoms with E-state index in [4.69, 9.17) is 0 Å². The SMILES string of the molecule is C=CC(NCC)c1ccc(C)c(Br)c1. The van der Waals surface area contributed by atoms with Crippen molar-refractivity contribution in [1.29, 1.82) is 0 Å². The highest BCUT2D eigenvalue weighted by molar-refractivity contribution is 9.10. The highest BCUT2D eigenvalue weighted by Gasteiger charge is 2.06. The van der Waals surface area contributed by atoms with E-state index >= 15 is 0 Å². The number of aryl methyl sites for hydroxylation is 1. The molecule has 0 aliphatic carbocycles. The van der Waals surface area contributed by atoms with Gasteiger partial charge in [0, 0.05) is 4.47 Å². The Morgan fingerprint density at radius 3 is 2.79 bits per heavy atom. The van der Waals surface area contributed by atoms with Crippen molar-refractivity contribution >= 4 is 15.9 Å². The first-order chi connectivity index (χ1) is 6.69. The molecule has 0 aromatic heterocycles. The fourth-order valence-corrected chi connectivity index (χ4v) is 1.76. The quantitative estimate of drug-likeness (QED) is 0.809. The Labute approximate surface area is 94.3 Å². The van der Waals surface area contributed by atoms with Gasteiger partial charge >= 0.3 is 0 Å². The molecular formula is C12H16BrN. The Morgan fingerprint density at radius 1 is 1.57 bits per heavy atom. The zero-order chi connectivity index (χ0) is 10.6. The maximum Gasteiger partial charge on any atom is 0.0503 e. The lowest BCUT2D eigenvalue weighted by molar-refractivity contribution is 0.649. The van der Waals surface area contributed by atoms with Gasteiger partial charge in [-0.15, -0.1) is 6.58 Å². The van der Waals surface area contributed by atoms with Crippen LogP contribution in [0.1, 0.15) is 24.1 Å². The molecule has 0 fully saturated rings. The summed E-state index contributed by atoms with van der Waals surface area (Å²) in [5.74, 6) is 0. The largest absolute Gasteiger partial charge is 0.307 e. The topological polar surface area (TPSA) is 12.0 Å². The van der Waals surface area contributed by atoms with Gasteiger partial charge in [-0.1, -0.05) is 41.1 Å². The Bertz CT molecular complexity index is 320. The number of halogens is 1. The Morgan fingerprint density at radius 2 is 2.29 bits per heavy atom. The molecule has 0 bridgehead atoms. The molecule has 0 heterocycles. The number of likely N-dealkylation sites (N-methyl/N-ethyl adjacent to an activating group) is 1. The summed E-state index contributed by atoms with van der Waals surface area (Å²) in [4.78, 5) is 0. The minimum absolute atomic E-state index is 0.247. The molecule has 76 valence electrons. The monoisotopic (exact) mass is 253 g/mol. The molecule has 14 heavy (non-hydrogen) atoms. The van der Waals surface area contributed by atoms with Crippen molar-refractivity contribution in [2.45, 2.75) is 19.9 Å². The van der Waals surface area contributed by atoms with Gasteiger partial charge in [0.25, 0.3) is 0 Å². The lowest BCUT2D eigenvalue weighted by atomic mass is 10.1. The van der Waals surface area contributed by atoms with E-state index in [1.54, 1.807) is 0 Å². The lowest BCUT2D eigenvalue weighted by Crippen LogP contribution is -2.18. The van der Waals surface area contributed by atoms with Crippen LogP contribution in [0, 0.1) is 6.92 Å². The van der Waals surface area contributed by atoms with Gasteiger partial charge in [-0.3, -0.25) is 0 Å². The third-order valence-corrected chi connectivity index (χ3v) is 3.07. The molecule has 0 aliphatic rings. The van der Waals surface area contributed by atoms with Crippen LogP contribution >= 0.6 is 15.9 Å². The van der Waals surface area contributed by atoms with Crippen LogP contribution < -0.4 is 5.32 Å². The zero-order valence-corrected chi connectivity index (χ0v) is 10.3. The summed E-state index contributed by atoms with van der Waals surface area (Å²) in [7, 11) is 0. The third kappa shape index (κ3) is 2.69. The number of nitrogens with one attached hydrogen (secondary N) is 1. The number of benzene rings is 1. The minimum atomic E-state index is 0.247. The van der Waals surface area contributed by atoms with Gasteiger partial charge < -0.3 is 5.32 Å². The molecule has 1 aromatic rings. The summed E-state index contributed by atoms with van der Waals surface area (Å²) in [5, 5.41) is 3.36. The fourth-order valence-electron chi connectivity index (χ4n) is 1.36. The third-order valence-electron chi connectivity index (χ3n) is 2.21. The van der Waals surface area contributed by atoms with Gasteiger partial charge in [0.15, 0.2) is 0 Å². The molecule has 1 N–H and O–H groups in total. The molecule has 1 unspecified atom stereocenters. The molecular weight excluding hydrogens is 238 g/mol. The van der Waals surface area contributed by atoms with E-state index in [-0.39, 0.29) is 6.04 Å². The van der Waals surface area contributed by atoms with Crippen LogP contribution in [0.2, 0.25) is 0 Å². The highest BCUT2D eigenvalue weighted by atomic mass is 79.9. The smallest absolute Gasteiger partial charge is 0.0503 e. The first-order valence-electron chi connectivity index (χ1n) is 4.81. The molecule has 0 aliphatic heterocycles. The minimum Gasteiger partial charge on any atom is -0.307 e. The molecule has 1 aromatic carbocycles. The molecule has 0 saturated heterocycles. The predicted molar refractivity (Wildman–Crippen MR) is 65.5 cm³/mol. The van der Waals surface area contributed by atoms with E-state index in [2.05, 4.69) is 59.9 Å². The molecule has 0 amide bonds. The predicted octanol–water partition coefficient (Wildman–Crippen LogP) is 3.59. The van der Waals surface area contributed by atoms with E-state index < -0.39 is 0 Å². The summed E-state index contributed by atoms with van der Waals surface area (Å²) in [6.45, 7) is 8.96. The van der Waals surface area contributed by atoms with Crippen LogP contribution in [0.4, 0.5) is 0 Å². The van der Waals surface area contributed by atoms with Crippen molar-refractivity contribution in [2.24, 2.45) is 0 Å². The van der Waals surface area contributed by atoms with Gasteiger partial charge in [-0.05, 0) is 30.7 Å². The van der Waals surface area contributed by atoms with E-state index in [1.807, 2.05) is 6.08 Å². The van der Waals surface area contributed by atoms with Crippen molar-refractivity contribution in [2.75, 3.05) is 6.54 Å². The summed E-state index contributed by atoms with van der Waals surface area (Å²) < 4.78 is 1.15. The molecule has 0 spiro atoms. The van der Waals surface area contributed by atoms with Gasteiger partial charge in [0.05, 0.1) is 6.04 Å². The maximum absolute atomic E-state index is 3.83. The lowest BCUT2D eigenvalue weighted by Gasteiger charge is -2.14. The van der Waals surface area contributed by atoms with Crippen molar-refractivity contribution in [3.05, 3.63) is 46.5 Å². The van der Waals surface area contributed by atoms with Crippen LogP contribution in [0.25, 0.3) is 0 Å². The molecule has 1 atom stereocenters. The van der Waals surface area contributed by atoms with Crippen LogP contribution in [0.15, 0.2) is 35.3 Å². The molecule has 1 nitrogen and oxygen atoms in total. The second kappa shape index (κ2) is 5.32. The van der Waals surface area contributed by atoms with Crippen molar-refractivity contribution < 1.29 is 0 Å². The Balaban J connectivity index is 2.93. The van der Waals surface area contributed by atoms with E-state index in [0.717, 1.165) is 11.0 Å². The molecule has 0 saturated carbocycles. The molecule has 1 rings (SSSR count). The van der Waals surface area contributed by atoms with E-state index in [0.29, 0.717) is 0 Å². The highest BCUT2D eigenvalue weighted by Crippen LogP contribution is 2.22. The Hall–Kier alpha value is -0.600. The zero-order valence-electron chi connectivity index (χ0n) is 8.68. The number of hydrogen-bond acceptors (Lipinski definition) is 1. The number of rotatable bonds is 4. The van der Waals surface area contributed by atoms with Crippen LogP contribution in [-0.4, -0.2) is 6.54 Å². The Kier molecular flexibility index (Phi) is 4.36. The first-order valence-corrected chi connectivity index (χ1v) is 5.60. The van der Waals surface area contributed by atoms with Gasteiger partial charge in [0.1, 0.15) is 0 Å². The van der Waals surface area contributed by atoms with Crippen LogP contribution in [-0.2, 0) is 0 Å². The average molecular weight is 254 g/mol.